The van der Waals surface area contributed by atoms with Gasteiger partial charge in [-0.05, 0) is 84.6 Å². The van der Waals surface area contributed by atoms with Gasteiger partial charge in [0.2, 0.25) is 10.2 Å². The maximum Gasteiger partial charge on any atom is 0.417 e. The summed E-state index contributed by atoms with van der Waals surface area (Å²) in [6.07, 6.45) is -3.87. The SMILES string of the molecule is C=CC(=O)Sc1ccc(C(=O)Oc2ccc(SC(=O)C(=C)C)cc2)cc1C(F)(F)F. The van der Waals surface area contributed by atoms with E-state index < -0.39 is 22.8 Å². The Kier molecular flexibility index (Phi) is 7.69. The molecule has 4 nitrogen and oxygen atoms in total. The minimum Gasteiger partial charge on any atom is -0.423 e. The van der Waals surface area contributed by atoms with Crippen LogP contribution in [0.15, 0.2) is 77.1 Å². The molecule has 30 heavy (non-hydrogen) atoms. The van der Waals surface area contributed by atoms with Crippen molar-refractivity contribution in [2.45, 2.75) is 22.9 Å². The van der Waals surface area contributed by atoms with Gasteiger partial charge in [0.1, 0.15) is 5.75 Å². The van der Waals surface area contributed by atoms with Crippen molar-refractivity contribution in [2.24, 2.45) is 0 Å². The molecule has 2 aromatic carbocycles. The lowest BCUT2D eigenvalue weighted by molar-refractivity contribution is -0.139. The first-order valence-electron chi connectivity index (χ1n) is 8.26. The summed E-state index contributed by atoms with van der Waals surface area (Å²) in [6.45, 7) is 8.35. The highest BCUT2D eigenvalue weighted by Gasteiger charge is 2.35. The minimum absolute atomic E-state index is 0.0981. The first-order chi connectivity index (χ1) is 14.0. The van der Waals surface area contributed by atoms with Gasteiger partial charge in [0, 0.05) is 9.79 Å². The second kappa shape index (κ2) is 9.82. The number of ether oxygens (including phenoxy) is 1. The number of halogens is 3. The van der Waals surface area contributed by atoms with Crippen molar-refractivity contribution in [1.82, 2.24) is 0 Å². The third-order valence-corrected chi connectivity index (χ3v) is 5.48. The van der Waals surface area contributed by atoms with Crippen LogP contribution in [0, 0.1) is 0 Å². The van der Waals surface area contributed by atoms with Crippen molar-refractivity contribution in [1.29, 1.82) is 0 Å². The molecule has 0 amide bonds. The molecular formula is C21H15F3O4S2. The molecule has 0 fully saturated rings. The molecule has 0 saturated carbocycles. The minimum atomic E-state index is -4.77. The quantitative estimate of drug-likeness (QED) is 0.235. The molecule has 0 aliphatic rings. The van der Waals surface area contributed by atoms with Crippen molar-refractivity contribution >= 4 is 39.7 Å². The molecule has 0 atom stereocenters. The fourth-order valence-corrected chi connectivity index (χ4v) is 3.43. The van der Waals surface area contributed by atoms with Crippen LogP contribution < -0.4 is 4.74 Å². The van der Waals surface area contributed by atoms with Crippen LogP contribution in [0.1, 0.15) is 22.8 Å². The van der Waals surface area contributed by atoms with Gasteiger partial charge in [-0.2, -0.15) is 13.2 Å². The summed E-state index contributed by atoms with van der Waals surface area (Å²) in [5, 5.41) is -0.869. The highest BCUT2D eigenvalue weighted by molar-refractivity contribution is 8.14. The van der Waals surface area contributed by atoms with Gasteiger partial charge in [0.25, 0.3) is 0 Å². The summed E-state index contributed by atoms with van der Waals surface area (Å²) in [4.78, 5) is 35.6. The molecule has 0 aromatic heterocycles. The van der Waals surface area contributed by atoms with Crippen molar-refractivity contribution in [3.8, 4) is 5.75 Å². The van der Waals surface area contributed by atoms with E-state index in [-0.39, 0.29) is 21.3 Å². The lowest BCUT2D eigenvalue weighted by Crippen LogP contribution is -2.13. The summed E-state index contributed by atoms with van der Waals surface area (Å²) in [6, 6.07) is 8.73. The average molecular weight is 452 g/mol. The Morgan fingerprint density at radius 1 is 1.03 bits per heavy atom. The van der Waals surface area contributed by atoms with Crippen molar-refractivity contribution < 1.29 is 32.3 Å². The monoisotopic (exact) mass is 452 g/mol. The molecule has 0 saturated heterocycles. The van der Waals surface area contributed by atoms with Crippen LogP contribution in [-0.2, 0) is 15.8 Å². The fraction of sp³-hybridized carbons (Fsp3) is 0.0952. The second-order valence-electron chi connectivity index (χ2n) is 5.86. The third-order valence-electron chi connectivity index (χ3n) is 3.49. The number of hydrogen-bond donors (Lipinski definition) is 0. The first kappa shape index (κ1) is 23.5. The number of thioether (sulfide) groups is 2. The zero-order chi connectivity index (χ0) is 22.5. The molecule has 2 rings (SSSR count). The second-order valence-corrected chi connectivity index (χ2v) is 7.96. The highest BCUT2D eigenvalue weighted by atomic mass is 32.2. The molecule has 0 aliphatic heterocycles. The van der Waals surface area contributed by atoms with Crippen molar-refractivity contribution in [3.05, 3.63) is 78.4 Å². The molecule has 2 aromatic rings. The normalized spacial score (nSPS) is 10.9. The van der Waals surface area contributed by atoms with E-state index in [4.69, 9.17) is 4.74 Å². The Balaban J connectivity index is 2.20. The Morgan fingerprint density at radius 2 is 1.67 bits per heavy atom. The molecule has 0 radical (unpaired) electrons. The van der Waals surface area contributed by atoms with Gasteiger partial charge >= 0.3 is 12.1 Å². The largest absolute Gasteiger partial charge is 0.423 e. The molecule has 0 unspecified atom stereocenters. The summed E-state index contributed by atoms with van der Waals surface area (Å²) < 4.78 is 45.1. The number of esters is 1. The van der Waals surface area contributed by atoms with E-state index in [0.29, 0.717) is 28.3 Å². The topological polar surface area (TPSA) is 60.4 Å². The zero-order valence-corrected chi connectivity index (χ0v) is 17.2. The van der Waals surface area contributed by atoms with Gasteiger partial charge < -0.3 is 4.74 Å². The van der Waals surface area contributed by atoms with Crippen LogP contribution in [0.2, 0.25) is 0 Å². The van der Waals surface area contributed by atoms with Crippen LogP contribution in [0.25, 0.3) is 0 Å². The predicted molar refractivity (Wildman–Crippen MR) is 110 cm³/mol. The van der Waals surface area contributed by atoms with Crippen LogP contribution in [0.4, 0.5) is 13.2 Å². The number of carbonyl (C=O) groups is 3. The molecule has 156 valence electrons. The summed E-state index contributed by atoms with van der Waals surface area (Å²) in [5.41, 5.74) is -1.07. The van der Waals surface area contributed by atoms with Crippen molar-refractivity contribution in [2.75, 3.05) is 0 Å². The van der Waals surface area contributed by atoms with Gasteiger partial charge in [-0.1, -0.05) is 13.2 Å². The fourth-order valence-electron chi connectivity index (χ4n) is 2.05. The third kappa shape index (κ3) is 6.36. The van der Waals surface area contributed by atoms with Gasteiger partial charge in [-0.15, -0.1) is 0 Å². The predicted octanol–water partition coefficient (Wildman–Crippen LogP) is 5.92. The molecule has 0 spiro atoms. The van der Waals surface area contributed by atoms with E-state index in [0.717, 1.165) is 30.0 Å². The molecule has 0 heterocycles. The number of benzene rings is 2. The standard InChI is InChI=1S/C21H15F3O4S2/c1-4-18(25)30-17-10-5-13(11-16(17)21(22,23)24)19(26)28-14-6-8-15(9-7-14)29-20(27)12(2)3/h4-11H,1-2H2,3H3. The Labute approximate surface area is 179 Å². The molecule has 9 heteroatoms. The highest BCUT2D eigenvalue weighted by Crippen LogP contribution is 2.38. The van der Waals surface area contributed by atoms with Gasteiger partial charge in [0.15, 0.2) is 0 Å². The molecule has 0 bridgehead atoms. The average Bonchev–Trinajstić information content (AvgIpc) is 2.68. The van der Waals surface area contributed by atoms with Gasteiger partial charge in [-0.25, -0.2) is 4.79 Å². The van der Waals surface area contributed by atoms with Crippen molar-refractivity contribution in [3.63, 3.8) is 0 Å². The van der Waals surface area contributed by atoms with Crippen LogP contribution in [0.3, 0.4) is 0 Å². The van der Waals surface area contributed by atoms with Gasteiger partial charge in [-0.3, -0.25) is 9.59 Å². The lowest BCUT2D eigenvalue weighted by atomic mass is 10.1. The van der Waals surface area contributed by atoms with Crippen LogP contribution in [-0.4, -0.2) is 16.2 Å². The number of alkyl halides is 3. The number of carbonyl (C=O) groups excluding carboxylic acids is 3. The van der Waals surface area contributed by atoms with E-state index in [9.17, 15) is 27.6 Å². The lowest BCUT2D eigenvalue weighted by Gasteiger charge is -2.13. The van der Waals surface area contributed by atoms with E-state index in [1.807, 2.05) is 0 Å². The van der Waals surface area contributed by atoms with E-state index in [1.54, 1.807) is 6.92 Å². The number of hydrogen-bond acceptors (Lipinski definition) is 6. The van der Waals surface area contributed by atoms with E-state index >= 15 is 0 Å². The first-order valence-corrected chi connectivity index (χ1v) is 9.90. The smallest absolute Gasteiger partial charge is 0.417 e. The Hall–Kier alpha value is -2.78. The van der Waals surface area contributed by atoms with Gasteiger partial charge in [0.05, 0.1) is 11.1 Å². The zero-order valence-electron chi connectivity index (χ0n) is 15.6. The number of rotatable bonds is 6. The summed E-state index contributed by atoms with van der Waals surface area (Å²) >= 11 is 1.31. The Morgan fingerprint density at radius 3 is 2.20 bits per heavy atom. The van der Waals surface area contributed by atoms with Crippen LogP contribution >= 0.6 is 23.5 Å². The van der Waals surface area contributed by atoms with Crippen LogP contribution in [0.5, 0.6) is 5.75 Å². The molecule has 0 N–H and O–H groups in total. The molecule has 0 aliphatic carbocycles. The summed E-state index contributed by atoms with van der Waals surface area (Å²) in [5.74, 6) is -0.897. The maximum absolute atomic E-state index is 13.3. The maximum atomic E-state index is 13.3. The molecular weight excluding hydrogens is 437 g/mol. The van der Waals surface area contributed by atoms with E-state index in [2.05, 4.69) is 13.2 Å². The Bertz CT molecular complexity index is 1010. The van der Waals surface area contributed by atoms with E-state index in [1.165, 1.54) is 24.3 Å². The summed E-state index contributed by atoms with van der Waals surface area (Å²) in [7, 11) is 0.